The standard InChI is InChI=1S/C24H30N2O4/c1-28-21-9-7-20(8-10-21)24(27)23(26-13-17-30-18-14-26)22(19-5-3-2-4-6-19)25-11-15-29-16-12-25/h2-10,22-23H,11-18H2,1H3/t22-,23-/m1/s1. The molecule has 0 N–H and O–H groups in total. The van der Waals surface area contributed by atoms with Gasteiger partial charge in [0.2, 0.25) is 0 Å². The summed E-state index contributed by atoms with van der Waals surface area (Å²) in [5.74, 6) is 0.891. The molecule has 0 bridgehead atoms. The number of benzene rings is 2. The Hall–Kier alpha value is -2.25. The van der Waals surface area contributed by atoms with Crippen molar-refractivity contribution in [3.8, 4) is 5.75 Å². The predicted octanol–water partition coefficient (Wildman–Crippen LogP) is 2.65. The Morgan fingerprint density at radius 3 is 1.97 bits per heavy atom. The largest absolute Gasteiger partial charge is 0.497 e. The van der Waals surface area contributed by atoms with Gasteiger partial charge >= 0.3 is 0 Å². The van der Waals surface area contributed by atoms with Crippen LogP contribution in [0, 0.1) is 0 Å². The number of carbonyl (C=O) groups is 1. The predicted molar refractivity (Wildman–Crippen MR) is 115 cm³/mol. The molecule has 0 radical (unpaired) electrons. The van der Waals surface area contributed by atoms with E-state index in [4.69, 9.17) is 14.2 Å². The molecular formula is C24H30N2O4. The topological polar surface area (TPSA) is 51.2 Å². The molecule has 2 saturated heterocycles. The van der Waals surface area contributed by atoms with E-state index in [0.717, 1.165) is 37.5 Å². The third-order valence-corrected chi connectivity index (χ3v) is 5.96. The van der Waals surface area contributed by atoms with Crippen molar-refractivity contribution < 1.29 is 19.0 Å². The molecule has 6 heteroatoms. The Balaban J connectivity index is 1.73. The highest BCUT2D eigenvalue weighted by molar-refractivity contribution is 6.00. The Morgan fingerprint density at radius 1 is 0.833 bits per heavy atom. The fraction of sp³-hybridized carbons (Fsp3) is 0.458. The molecule has 0 spiro atoms. The van der Waals surface area contributed by atoms with Gasteiger partial charge < -0.3 is 14.2 Å². The quantitative estimate of drug-likeness (QED) is 0.654. The maximum Gasteiger partial charge on any atom is 0.181 e. The minimum absolute atomic E-state index is 0.0391. The van der Waals surface area contributed by atoms with Gasteiger partial charge in [-0.25, -0.2) is 0 Å². The molecule has 6 nitrogen and oxygen atoms in total. The average Bonchev–Trinajstić information content (AvgIpc) is 2.84. The van der Waals surface area contributed by atoms with Crippen molar-refractivity contribution in [1.82, 2.24) is 9.80 Å². The third-order valence-electron chi connectivity index (χ3n) is 5.96. The smallest absolute Gasteiger partial charge is 0.181 e. The van der Waals surface area contributed by atoms with Gasteiger partial charge in [0, 0.05) is 31.7 Å². The van der Waals surface area contributed by atoms with E-state index >= 15 is 0 Å². The summed E-state index contributed by atoms with van der Waals surface area (Å²) in [7, 11) is 1.64. The molecule has 0 unspecified atom stereocenters. The second-order valence-electron chi connectivity index (χ2n) is 7.69. The summed E-state index contributed by atoms with van der Waals surface area (Å²) in [6, 6.07) is 17.5. The lowest BCUT2D eigenvalue weighted by Gasteiger charge is -2.44. The van der Waals surface area contributed by atoms with E-state index < -0.39 is 0 Å². The van der Waals surface area contributed by atoms with Crippen LogP contribution in [0.4, 0.5) is 0 Å². The molecule has 0 amide bonds. The number of ether oxygens (including phenoxy) is 3. The minimum atomic E-state index is -0.289. The summed E-state index contributed by atoms with van der Waals surface area (Å²) in [5.41, 5.74) is 1.87. The summed E-state index contributed by atoms with van der Waals surface area (Å²) in [4.78, 5) is 18.6. The molecule has 4 rings (SSSR count). The zero-order chi connectivity index (χ0) is 20.8. The van der Waals surface area contributed by atoms with Gasteiger partial charge in [0.15, 0.2) is 5.78 Å². The van der Waals surface area contributed by atoms with Crippen LogP contribution in [0.25, 0.3) is 0 Å². The van der Waals surface area contributed by atoms with Crippen LogP contribution in [-0.2, 0) is 9.47 Å². The summed E-state index contributed by atoms with van der Waals surface area (Å²) in [6.07, 6.45) is 0. The first-order valence-corrected chi connectivity index (χ1v) is 10.6. The van der Waals surface area contributed by atoms with E-state index in [1.54, 1.807) is 7.11 Å². The highest BCUT2D eigenvalue weighted by Crippen LogP contribution is 2.31. The molecule has 2 atom stereocenters. The lowest BCUT2D eigenvalue weighted by Crippen LogP contribution is -2.55. The molecule has 2 fully saturated rings. The fourth-order valence-corrected chi connectivity index (χ4v) is 4.39. The first-order chi connectivity index (χ1) is 14.8. The molecule has 2 aliphatic heterocycles. The Bertz CT molecular complexity index is 800. The maximum atomic E-state index is 13.9. The number of hydrogen-bond donors (Lipinski definition) is 0. The first-order valence-electron chi connectivity index (χ1n) is 10.6. The van der Waals surface area contributed by atoms with Crippen molar-refractivity contribution >= 4 is 5.78 Å². The zero-order valence-corrected chi connectivity index (χ0v) is 17.5. The molecule has 0 saturated carbocycles. The zero-order valence-electron chi connectivity index (χ0n) is 17.5. The second-order valence-corrected chi connectivity index (χ2v) is 7.69. The SMILES string of the molecule is COc1ccc(C(=O)[C@@H]([C@@H](c2ccccc2)N2CCOCC2)N2CCOCC2)cc1. The monoisotopic (exact) mass is 410 g/mol. The Labute approximate surface area is 178 Å². The van der Waals surface area contributed by atoms with E-state index in [-0.39, 0.29) is 17.9 Å². The lowest BCUT2D eigenvalue weighted by atomic mass is 9.89. The fourth-order valence-electron chi connectivity index (χ4n) is 4.39. The van der Waals surface area contributed by atoms with E-state index in [1.165, 1.54) is 0 Å². The highest BCUT2D eigenvalue weighted by Gasteiger charge is 2.39. The van der Waals surface area contributed by atoms with Crippen molar-refractivity contribution in [2.75, 3.05) is 59.7 Å². The number of rotatable bonds is 7. The van der Waals surface area contributed by atoms with Gasteiger partial charge in [0.1, 0.15) is 5.75 Å². The van der Waals surface area contributed by atoms with E-state index in [0.29, 0.717) is 32.0 Å². The average molecular weight is 411 g/mol. The number of morpholine rings is 2. The van der Waals surface area contributed by atoms with E-state index in [2.05, 4.69) is 34.1 Å². The van der Waals surface area contributed by atoms with Crippen molar-refractivity contribution in [3.05, 3.63) is 65.7 Å². The number of carbonyl (C=O) groups excluding carboxylic acids is 1. The first kappa shape index (κ1) is 21.0. The van der Waals surface area contributed by atoms with Crippen molar-refractivity contribution in [2.45, 2.75) is 12.1 Å². The Kier molecular flexibility index (Phi) is 7.12. The number of nitrogens with zero attached hydrogens (tertiary/aromatic N) is 2. The summed E-state index contributed by atoms with van der Waals surface area (Å²) in [5, 5.41) is 0. The van der Waals surface area contributed by atoms with Crippen molar-refractivity contribution in [3.63, 3.8) is 0 Å². The normalized spacial score (nSPS) is 20.4. The molecule has 30 heavy (non-hydrogen) atoms. The van der Waals surface area contributed by atoms with Crippen LogP contribution < -0.4 is 4.74 Å². The van der Waals surface area contributed by atoms with Gasteiger partial charge in [-0.3, -0.25) is 14.6 Å². The molecule has 0 aliphatic carbocycles. The number of ketones is 1. The van der Waals surface area contributed by atoms with Crippen LogP contribution in [0.15, 0.2) is 54.6 Å². The maximum absolute atomic E-state index is 13.9. The highest BCUT2D eigenvalue weighted by atomic mass is 16.5. The van der Waals surface area contributed by atoms with Crippen LogP contribution in [0.1, 0.15) is 22.0 Å². The van der Waals surface area contributed by atoms with Crippen LogP contribution in [0.3, 0.4) is 0 Å². The number of Topliss-reactive ketones (excluding diaryl/α,β-unsaturated/α-hetero) is 1. The van der Waals surface area contributed by atoms with Crippen LogP contribution in [-0.4, -0.2) is 81.3 Å². The lowest BCUT2D eigenvalue weighted by molar-refractivity contribution is -0.0301. The van der Waals surface area contributed by atoms with Gasteiger partial charge in [0.05, 0.1) is 45.6 Å². The van der Waals surface area contributed by atoms with E-state index in [1.807, 2.05) is 30.3 Å². The second kappa shape index (κ2) is 10.2. The molecular weight excluding hydrogens is 380 g/mol. The molecule has 2 heterocycles. The molecule has 2 aliphatic rings. The van der Waals surface area contributed by atoms with Gasteiger partial charge in [-0.1, -0.05) is 30.3 Å². The van der Waals surface area contributed by atoms with Gasteiger partial charge in [0.25, 0.3) is 0 Å². The van der Waals surface area contributed by atoms with Gasteiger partial charge in [-0.05, 0) is 29.8 Å². The summed E-state index contributed by atoms with van der Waals surface area (Å²) >= 11 is 0. The van der Waals surface area contributed by atoms with Crippen LogP contribution in [0.2, 0.25) is 0 Å². The van der Waals surface area contributed by atoms with Crippen LogP contribution in [0.5, 0.6) is 5.75 Å². The van der Waals surface area contributed by atoms with Crippen LogP contribution >= 0.6 is 0 Å². The Morgan fingerprint density at radius 2 is 1.40 bits per heavy atom. The van der Waals surface area contributed by atoms with Crippen molar-refractivity contribution in [2.24, 2.45) is 0 Å². The van der Waals surface area contributed by atoms with E-state index in [9.17, 15) is 4.79 Å². The van der Waals surface area contributed by atoms with Gasteiger partial charge in [-0.2, -0.15) is 0 Å². The molecule has 2 aromatic carbocycles. The minimum Gasteiger partial charge on any atom is -0.497 e. The summed E-state index contributed by atoms with van der Waals surface area (Å²) < 4.78 is 16.5. The molecule has 160 valence electrons. The summed E-state index contributed by atoms with van der Waals surface area (Å²) in [6.45, 7) is 5.81. The number of hydrogen-bond acceptors (Lipinski definition) is 6. The van der Waals surface area contributed by atoms with Gasteiger partial charge in [-0.15, -0.1) is 0 Å². The molecule has 0 aromatic heterocycles. The number of methoxy groups -OCH3 is 1. The van der Waals surface area contributed by atoms with Crippen molar-refractivity contribution in [1.29, 1.82) is 0 Å². The third kappa shape index (κ3) is 4.73. The molecule has 2 aromatic rings.